The Kier molecular flexibility index (Phi) is 4.63. The number of halogens is 3. The zero-order valence-corrected chi connectivity index (χ0v) is 13.8. The average Bonchev–Trinajstić information content (AvgIpc) is 2.38. The van der Waals surface area contributed by atoms with Gasteiger partial charge in [-0.15, -0.1) is 0 Å². The van der Waals surface area contributed by atoms with E-state index in [0.29, 0.717) is 4.47 Å². The first-order chi connectivity index (χ1) is 8.99. The maximum absolute atomic E-state index is 13.2. The molecule has 2 rings (SSSR count). The van der Waals surface area contributed by atoms with E-state index >= 15 is 0 Å². The largest absolute Gasteiger partial charge is 0.378 e. The van der Waals surface area contributed by atoms with E-state index in [1.165, 1.54) is 11.6 Å². The Morgan fingerprint density at radius 1 is 1.16 bits per heavy atom. The lowest BCUT2D eigenvalue weighted by Gasteiger charge is -2.18. The van der Waals surface area contributed by atoms with Crippen LogP contribution in [-0.2, 0) is 0 Å². The van der Waals surface area contributed by atoms with E-state index in [1.807, 2.05) is 12.1 Å². The number of nitrogens with one attached hydrogen (secondary N) is 1. The highest BCUT2D eigenvalue weighted by Gasteiger charge is 2.10. The highest BCUT2D eigenvalue weighted by molar-refractivity contribution is 9.11. The summed E-state index contributed by atoms with van der Waals surface area (Å²) in [7, 11) is 0. The predicted octanol–water partition coefficient (Wildman–Crippen LogP) is 5.83. The van der Waals surface area contributed by atoms with Crippen LogP contribution in [0.3, 0.4) is 0 Å². The van der Waals surface area contributed by atoms with Crippen LogP contribution < -0.4 is 5.32 Å². The van der Waals surface area contributed by atoms with Gasteiger partial charge in [-0.05, 0) is 75.0 Å². The van der Waals surface area contributed by atoms with Gasteiger partial charge in [0.25, 0.3) is 0 Å². The minimum atomic E-state index is -0.243. The molecular formula is C15H14Br2FN. The minimum Gasteiger partial charge on any atom is -0.378 e. The van der Waals surface area contributed by atoms with Crippen molar-refractivity contribution in [3.63, 3.8) is 0 Å². The van der Waals surface area contributed by atoms with Crippen molar-refractivity contribution in [2.24, 2.45) is 0 Å². The zero-order valence-electron chi connectivity index (χ0n) is 10.7. The number of benzene rings is 2. The van der Waals surface area contributed by atoms with Crippen LogP contribution >= 0.6 is 31.9 Å². The first-order valence-electron chi connectivity index (χ1n) is 5.95. The van der Waals surface area contributed by atoms with Crippen molar-refractivity contribution in [2.45, 2.75) is 19.9 Å². The molecule has 0 aliphatic rings. The molecule has 0 fully saturated rings. The third-order valence-electron chi connectivity index (χ3n) is 3.01. The fraction of sp³-hybridized carbons (Fsp3) is 0.200. The second kappa shape index (κ2) is 6.06. The summed E-state index contributed by atoms with van der Waals surface area (Å²) in [5, 5.41) is 3.42. The van der Waals surface area contributed by atoms with E-state index in [4.69, 9.17) is 0 Å². The fourth-order valence-electron chi connectivity index (χ4n) is 1.86. The molecule has 0 aliphatic heterocycles. The van der Waals surface area contributed by atoms with Crippen LogP contribution in [0, 0.1) is 12.7 Å². The van der Waals surface area contributed by atoms with E-state index in [-0.39, 0.29) is 11.9 Å². The van der Waals surface area contributed by atoms with Gasteiger partial charge in [0.15, 0.2) is 0 Å². The zero-order chi connectivity index (χ0) is 14.0. The first kappa shape index (κ1) is 14.5. The topological polar surface area (TPSA) is 12.0 Å². The molecule has 0 saturated heterocycles. The first-order valence-corrected chi connectivity index (χ1v) is 7.54. The van der Waals surface area contributed by atoms with Gasteiger partial charge >= 0.3 is 0 Å². The van der Waals surface area contributed by atoms with Crippen molar-refractivity contribution in [1.29, 1.82) is 0 Å². The third-order valence-corrected chi connectivity index (χ3v) is 4.67. The normalized spacial score (nSPS) is 12.3. The van der Waals surface area contributed by atoms with Crippen LogP contribution in [0.1, 0.15) is 24.1 Å². The van der Waals surface area contributed by atoms with E-state index in [2.05, 4.69) is 57.1 Å². The van der Waals surface area contributed by atoms with E-state index in [9.17, 15) is 4.39 Å². The summed E-state index contributed by atoms with van der Waals surface area (Å²) in [5.41, 5.74) is 3.24. The maximum Gasteiger partial charge on any atom is 0.137 e. The van der Waals surface area contributed by atoms with Crippen LogP contribution in [0.2, 0.25) is 0 Å². The molecule has 0 radical (unpaired) electrons. The van der Waals surface area contributed by atoms with Crippen LogP contribution in [-0.4, -0.2) is 0 Å². The third kappa shape index (κ3) is 3.37. The Balaban J connectivity index is 2.23. The molecule has 19 heavy (non-hydrogen) atoms. The smallest absolute Gasteiger partial charge is 0.137 e. The van der Waals surface area contributed by atoms with Crippen molar-refractivity contribution in [3.05, 3.63) is 62.3 Å². The fourth-order valence-corrected chi connectivity index (χ4v) is 2.63. The lowest BCUT2D eigenvalue weighted by Crippen LogP contribution is -2.07. The highest BCUT2D eigenvalue weighted by atomic mass is 79.9. The van der Waals surface area contributed by atoms with Crippen molar-refractivity contribution in [3.8, 4) is 0 Å². The molecule has 0 heterocycles. The molecule has 1 N–H and O–H groups in total. The molecule has 1 nitrogen and oxygen atoms in total. The van der Waals surface area contributed by atoms with Crippen molar-refractivity contribution >= 4 is 37.5 Å². The standard InChI is InChI=1S/C15H14Br2FN/c1-9-4-3-5-14(15(9)17)19-10(2)11-6-7-13(18)12(16)8-11/h3-8,10,19H,1-2H3. The summed E-state index contributed by atoms with van der Waals surface area (Å²) in [6.07, 6.45) is 0. The van der Waals surface area contributed by atoms with Crippen molar-refractivity contribution in [2.75, 3.05) is 5.32 Å². The molecule has 2 aromatic carbocycles. The van der Waals surface area contributed by atoms with Gasteiger partial charge in [0, 0.05) is 16.2 Å². The summed E-state index contributed by atoms with van der Waals surface area (Å²) >= 11 is 6.79. The predicted molar refractivity (Wildman–Crippen MR) is 85.0 cm³/mol. The van der Waals surface area contributed by atoms with Gasteiger partial charge in [0.05, 0.1) is 4.47 Å². The van der Waals surface area contributed by atoms with Gasteiger partial charge in [-0.25, -0.2) is 4.39 Å². The molecule has 0 aromatic heterocycles. The number of aryl methyl sites for hydroxylation is 1. The Labute approximate surface area is 129 Å². The molecule has 100 valence electrons. The molecule has 4 heteroatoms. The second-order valence-corrected chi connectivity index (χ2v) is 6.12. The molecule has 0 aliphatic carbocycles. The molecule has 0 spiro atoms. The molecular weight excluding hydrogens is 373 g/mol. The van der Waals surface area contributed by atoms with E-state index in [0.717, 1.165) is 15.7 Å². The molecule has 2 aromatic rings. The Bertz CT molecular complexity index is 599. The number of hydrogen-bond acceptors (Lipinski definition) is 1. The van der Waals surface area contributed by atoms with Crippen LogP contribution in [0.25, 0.3) is 0 Å². The Morgan fingerprint density at radius 2 is 1.89 bits per heavy atom. The Morgan fingerprint density at radius 3 is 2.58 bits per heavy atom. The summed E-state index contributed by atoms with van der Waals surface area (Å²) in [6.45, 7) is 4.10. The maximum atomic E-state index is 13.2. The van der Waals surface area contributed by atoms with Gasteiger partial charge < -0.3 is 5.32 Å². The summed E-state index contributed by atoms with van der Waals surface area (Å²) < 4.78 is 14.8. The monoisotopic (exact) mass is 385 g/mol. The van der Waals surface area contributed by atoms with Gasteiger partial charge in [0.1, 0.15) is 5.82 Å². The van der Waals surface area contributed by atoms with Gasteiger partial charge in [-0.1, -0.05) is 18.2 Å². The molecule has 1 unspecified atom stereocenters. The Hall–Kier alpha value is -0.870. The van der Waals surface area contributed by atoms with E-state index < -0.39 is 0 Å². The molecule has 0 saturated carbocycles. The van der Waals surface area contributed by atoms with Gasteiger partial charge in [-0.2, -0.15) is 0 Å². The van der Waals surface area contributed by atoms with Gasteiger partial charge in [-0.3, -0.25) is 0 Å². The van der Waals surface area contributed by atoms with E-state index in [1.54, 1.807) is 12.1 Å². The van der Waals surface area contributed by atoms with Crippen LogP contribution in [0.4, 0.5) is 10.1 Å². The minimum absolute atomic E-state index is 0.0926. The second-order valence-electron chi connectivity index (χ2n) is 4.48. The van der Waals surface area contributed by atoms with Gasteiger partial charge in [0.2, 0.25) is 0 Å². The lowest BCUT2D eigenvalue weighted by molar-refractivity contribution is 0.619. The average molecular weight is 387 g/mol. The summed E-state index contributed by atoms with van der Waals surface area (Å²) in [5.74, 6) is -0.243. The summed E-state index contributed by atoms with van der Waals surface area (Å²) in [6, 6.07) is 11.2. The molecule has 0 amide bonds. The quantitative estimate of drug-likeness (QED) is 0.699. The summed E-state index contributed by atoms with van der Waals surface area (Å²) in [4.78, 5) is 0. The number of rotatable bonds is 3. The highest BCUT2D eigenvalue weighted by Crippen LogP contribution is 2.30. The molecule has 0 bridgehead atoms. The SMILES string of the molecule is Cc1cccc(NC(C)c2ccc(F)c(Br)c2)c1Br. The number of anilines is 1. The lowest BCUT2D eigenvalue weighted by atomic mass is 10.1. The van der Waals surface area contributed by atoms with Crippen molar-refractivity contribution in [1.82, 2.24) is 0 Å². The number of hydrogen-bond donors (Lipinski definition) is 1. The molecule has 1 atom stereocenters. The van der Waals surface area contributed by atoms with Crippen LogP contribution in [0.15, 0.2) is 45.3 Å². The van der Waals surface area contributed by atoms with Crippen LogP contribution in [0.5, 0.6) is 0 Å². The van der Waals surface area contributed by atoms with Crippen molar-refractivity contribution < 1.29 is 4.39 Å².